The molecule has 0 unspecified atom stereocenters. The lowest BCUT2D eigenvalue weighted by atomic mass is 10.2. The summed E-state index contributed by atoms with van der Waals surface area (Å²) in [5.41, 5.74) is 0.775. The fourth-order valence-electron chi connectivity index (χ4n) is 1.67. The molecule has 0 fully saturated rings. The maximum absolute atomic E-state index is 13.9. The third-order valence-electron chi connectivity index (χ3n) is 2.52. The summed E-state index contributed by atoms with van der Waals surface area (Å²) < 4.78 is 21.3. The van der Waals surface area contributed by atoms with Crippen molar-refractivity contribution in [3.8, 4) is 11.5 Å². The average molecular weight is 389 g/mol. The van der Waals surface area contributed by atoms with Gasteiger partial charge in [0.05, 0.1) is 4.47 Å². The Balaban J connectivity index is 2.37. The monoisotopic (exact) mass is 387 g/mol. The van der Waals surface area contributed by atoms with Gasteiger partial charge in [-0.1, -0.05) is 28.1 Å². The third kappa shape index (κ3) is 3.55. The molecule has 0 bridgehead atoms. The number of halogens is 3. The van der Waals surface area contributed by atoms with Gasteiger partial charge in [0.15, 0.2) is 11.6 Å². The highest BCUT2D eigenvalue weighted by Crippen LogP contribution is 2.34. The zero-order valence-corrected chi connectivity index (χ0v) is 13.4. The van der Waals surface area contributed by atoms with Gasteiger partial charge in [-0.05, 0) is 47.2 Å². The molecular weight excluding hydrogens is 377 g/mol. The number of ether oxygens (including phenoxy) is 1. The fraction of sp³-hybridized carbons (Fsp3) is 0.143. The van der Waals surface area contributed by atoms with Gasteiger partial charge in [-0.3, -0.25) is 0 Å². The van der Waals surface area contributed by atoms with E-state index in [0.717, 1.165) is 14.5 Å². The largest absolute Gasteiger partial charge is 0.453 e. The molecule has 2 rings (SSSR count). The van der Waals surface area contributed by atoms with Gasteiger partial charge in [0.2, 0.25) is 0 Å². The molecule has 2 aromatic rings. The molecule has 0 heterocycles. The van der Waals surface area contributed by atoms with Gasteiger partial charge in [-0.15, -0.1) is 0 Å². The van der Waals surface area contributed by atoms with E-state index in [-0.39, 0.29) is 11.6 Å². The van der Waals surface area contributed by atoms with Gasteiger partial charge < -0.3 is 10.1 Å². The summed E-state index contributed by atoms with van der Waals surface area (Å²) in [6.45, 7) is 0.543. The second kappa shape index (κ2) is 6.50. The first-order valence-corrected chi connectivity index (χ1v) is 7.25. The molecule has 0 amide bonds. The van der Waals surface area contributed by atoms with Gasteiger partial charge in [0, 0.05) is 16.6 Å². The lowest BCUT2D eigenvalue weighted by Crippen LogP contribution is -2.07. The normalized spacial score (nSPS) is 10.5. The van der Waals surface area contributed by atoms with Gasteiger partial charge in [-0.25, -0.2) is 4.39 Å². The van der Waals surface area contributed by atoms with Crippen LogP contribution in [0.25, 0.3) is 0 Å². The smallest absolute Gasteiger partial charge is 0.167 e. The van der Waals surface area contributed by atoms with Gasteiger partial charge >= 0.3 is 0 Å². The van der Waals surface area contributed by atoms with Crippen LogP contribution in [0.1, 0.15) is 5.56 Å². The summed E-state index contributed by atoms with van der Waals surface area (Å²) >= 11 is 6.77. The minimum absolute atomic E-state index is 0.250. The van der Waals surface area contributed by atoms with Crippen LogP contribution in [0.5, 0.6) is 11.5 Å². The van der Waals surface area contributed by atoms with Crippen molar-refractivity contribution in [1.82, 2.24) is 5.32 Å². The quantitative estimate of drug-likeness (QED) is 0.807. The fourth-order valence-corrected chi connectivity index (χ4v) is 2.79. The van der Waals surface area contributed by atoms with Crippen LogP contribution in [-0.4, -0.2) is 7.05 Å². The summed E-state index contributed by atoms with van der Waals surface area (Å²) in [4.78, 5) is 0. The number of para-hydroxylation sites is 1. The van der Waals surface area contributed by atoms with E-state index >= 15 is 0 Å². The molecule has 0 saturated carbocycles. The second-order valence-corrected chi connectivity index (χ2v) is 5.71. The summed E-state index contributed by atoms with van der Waals surface area (Å²) in [6, 6.07) is 10.4. The van der Waals surface area contributed by atoms with Crippen molar-refractivity contribution in [3.05, 3.63) is 56.7 Å². The minimum Gasteiger partial charge on any atom is -0.453 e. The number of rotatable bonds is 4. The van der Waals surface area contributed by atoms with Crippen molar-refractivity contribution in [2.75, 3.05) is 7.05 Å². The Hall–Kier alpha value is -0.910. The Bertz CT molecular complexity index is 590. The molecule has 0 aromatic heterocycles. The van der Waals surface area contributed by atoms with Gasteiger partial charge in [-0.2, -0.15) is 0 Å². The lowest BCUT2D eigenvalue weighted by Gasteiger charge is -2.13. The van der Waals surface area contributed by atoms with Crippen LogP contribution in [-0.2, 0) is 6.54 Å². The first kappa shape index (κ1) is 14.5. The number of hydrogen-bond donors (Lipinski definition) is 1. The second-order valence-electron chi connectivity index (χ2n) is 3.94. The summed E-state index contributed by atoms with van der Waals surface area (Å²) in [6.07, 6.45) is 0. The molecule has 0 aliphatic carbocycles. The van der Waals surface area contributed by atoms with Crippen LogP contribution in [0.4, 0.5) is 4.39 Å². The van der Waals surface area contributed by atoms with E-state index in [4.69, 9.17) is 4.74 Å². The molecule has 1 N–H and O–H groups in total. The minimum atomic E-state index is -0.373. The zero-order chi connectivity index (χ0) is 13.8. The summed E-state index contributed by atoms with van der Waals surface area (Å²) in [7, 11) is 1.81. The Morgan fingerprint density at radius 2 is 2.00 bits per heavy atom. The maximum atomic E-state index is 13.9. The molecule has 0 saturated heterocycles. The highest BCUT2D eigenvalue weighted by molar-refractivity contribution is 9.11. The molecule has 0 spiro atoms. The van der Waals surface area contributed by atoms with Crippen LogP contribution >= 0.6 is 31.9 Å². The Morgan fingerprint density at radius 1 is 1.21 bits per heavy atom. The van der Waals surface area contributed by atoms with Crippen molar-refractivity contribution in [2.24, 2.45) is 0 Å². The number of nitrogens with one attached hydrogen (secondary N) is 1. The van der Waals surface area contributed by atoms with Crippen molar-refractivity contribution in [3.63, 3.8) is 0 Å². The number of hydrogen-bond acceptors (Lipinski definition) is 2. The van der Waals surface area contributed by atoms with E-state index in [0.29, 0.717) is 12.3 Å². The summed E-state index contributed by atoms with van der Waals surface area (Å²) in [5, 5.41) is 3.00. The van der Waals surface area contributed by atoms with Gasteiger partial charge in [0.25, 0.3) is 0 Å². The van der Waals surface area contributed by atoms with E-state index in [2.05, 4.69) is 37.2 Å². The topological polar surface area (TPSA) is 21.3 Å². The highest BCUT2D eigenvalue weighted by Gasteiger charge is 2.12. The first-order chi connectivity index (χ1) is 9.11. The van der Waals surface area contributed by atoms with Crippen molar-refractivity contribution in [2.45, 2.75) is 6.54 Å². The van der Waals surface area contributed by atoms with Crippen LogP contribution in [0.2, 0.25) is 0 Å². The Morgan fingerprint density at radius 3 is 2.68 bits per heavy atom. The Kier molecular flexibility index (Phi) is 4.96. The molecule has 0 aliphatic heterocycles. The molecule has 2 nitrogen and oxygen atoms in total. The molecule has 0 atom stereocenters. The maximum Gasteiger partial charge on any atom is 0.167 e. The SMILES string of the molecule is CNCc1cccc(F)c1Oc1ccc(Br)cc1Br. The summed E-state index contributed by atoms with van der Waals surface area (Å²) in [5.74, 6) is 0.452. The van der Waals surface area contributed by atoms with Crippen molar-refractivity contribution in [1.29, 1.82) is 0 Å². The molecule has 0 aliphatic rings. The average Bonchev–Trinajstić information content (AvgIpc) is 2.36. The molecular formula is C14H12Br2FNO. The predicted octanol–water partition coefficient (Wildman–Crippen LogP) is 4.86. The van der Waals surface area contributed by atoms with E-state index in [1.54, 1.807) is 12.1 Å². The standard InChI is InChI=1S/C14H12Br2FNO/c1-18-8-9-3-2-4-12(17)14(9)19-13-6-5-10(15)7-11(13)16/h2-7,18H,8H2,1H3. The van der Waals surface area contributed by atoms with Crippen LogP contribution < -0.4 is 10.1 Å². The molecule has 0 radical (unpaired) electrons. The zero-order valence-electron chi connectivity index (χ0n) is 10.2. The van der Waals surface area contributed by atoms with Crippen LogP contribution in [0.15, 0.2) is 45.3 Å². The van der Waals surface area contributed by atoms with E-state index in [9.17, 15) is 4.39 Å². The van der Waals surface area contributed by atoms with E-state index < -0.39 is 0 Å². The van der Waals surface area contributed by atoms with Gasteiger partial charge in [0.1, 0.15) is 5.75 Å². The van der Waals surface area contributed by atoms with E-state index in [1.807, 2.05) is 25.2 Å². The molecule has 19 heavy (non-hydrogen) atoms. The predicted molar refractivity (Wildman–Crippen MR) is 81.1 cm³/mol. The van der Waals surface area contributed by atoms with Crippen molar-refractivity contribution < 1.29 is 9.13 Å². The highest BCUT2D eigenvalue weighted by atomic mass is 79.9. The Labute approximate surface area is 128 Å². The number of benzene rings is 2. The van der Waals surface area contributed by atoms with Crippen LogP contribution in [0.3, 0.4) is 0 Å². The van der Waals surface area contributed by atoms with E-state index in [1.165, 1.54) is 6.07 Å². The van der Waals surface area contributed by atoms with Crippen LogP contribution in [0, 0.1) is 5.82 Å². The molecule has 2 aromatic carbocycles. The lowest BCUT2D eigenvalue weighted by molar-refractivity contribution is 0.432. The first-order valence-electron chi connectivity index (χ1n) is 5.66. The third-order valence-corrected chi connectivity index (χ3v) is 3.63. The van der Waals surface area contributed by atoms with Crippen molar-refractivity contribution >= 4 is 31.9 Å². The molecule has 100 valence electrons. The molecule has 5 heteroatoms.